The largest absolute Gasteiger partial charge is 0.493 e. The van der Waals surface area contributed by atoms with Crippen LogP contribution < -0.4 is 23.7 Å². The Morgan fingerprint density at radius 1 is 1.06 bits per heavy atom. The summed E-state index contributed by atoms with van der Waals surface area (Å²) in [5, 5.41) is 0. The lowest BCUT2D eigenvalue weighted by Crippen LogP contribution is -2.37. The minimum atomic E-state index is -0.530. The maximum Gasteiger partial charge on any atom is 0.343 e. The number of methoxy groups -OCH3 is 3. The molecule has 0 aromatic heterocycles. The van der Waals surface area contributed by atoms with E-state index in [0.29, 0.717) is 28.6 Å². The number of hydrogen-bond acceptors (Lipinski definition) is 9. The van der Waals surface area contributed by atoms with Crippen molar-refractivity contribution in [3.63, 3.8) is 0 Å². The third-order valence-corrected chi connectivity index (χ3v) is 8.82. The number of nitrogens with zero attached hydrogens (tertiary/aromatic N) is 1. The lowest BCUT2D eigenvalue weighted by Gasteiger charge is -2.39. The van der Waals surface area contributed by atoms with Crippen molar-refractivity contribution >= 4 is 17.7 Å². The van der Waals surface area contributed by atoms with E-state index in [1.165, 1.54) is 31.1 Å². The fourth-order valence-corrected chi connectivity index (χ4v) is 6.98. The Morgan fingerprint density at radius 2 is 1.83 bits per heavy atom. The van der Waals surface area contributed by atoms with E-state index in [-0.39, 0.29) is 12.8 Å². The van der Waals surface area contributed by atoms with Crippen LogP contribution in [0.3, 0.4) is 0 Å². The molecule has 36 heavy (non-hydrogen) atoms. The Balaban J connectivity index is 1.48. The molecule has 8 nitrogen and oxygen atoms in total. The zero-order chi connectivity index (χ0) is 25.0. The van der Waals surface area contributed by atoms with Gasteiger partial charge in [0.15, 0.2) is 23.0 Å². The molecule has 2 aromatic rings. The Kier molecular flexibility index (Phi) is 6.08. The lowest BCUT2D eigenvalue weighted by molar-refractivity contribution is 0.00870. The van der Waals surface area contributed by atoms with Crippen LogP contribution in [0.4, 0.5) is 0 Å². The molecule has 3 aliphatic heterocycles. The molecule has 192 valence electrons. The molecule has 9 heteroatoms. The van der Waals surface area contributed by atoms with Gasteiger partial charge in [0.2, 0.25) is 12.5 Å². The van der Waals surface area contributed by atoms with E-state index in [1.54, 1.807) is 14.2 Å². The second-order valence-corrected chi connectivity index (χ2v) is 10.7. The monoisotopic (exact) mass is 513 g/mol. The molecule has 1 aliphatic carbocycles. The van der Waals surface area contributed by atoms with Crippen LogP contribution in [0.15, 0.2) is 12.1 Å². The normalized spacial score (nSPS) is 22.2. The van der Waals surface area contributed by atoms with Gasteiger partial charge in [-0.25, -0.2) is 4.79 Å². The molecule has 0 radical (unpaired) electrons. The van der Waals surface area contributed by atoms with Crippen molar-refractivity contribution in [2.45, 2.75) is 37.2 Å². The highest BCUT2D eigenvalue weighted by molar-refractivity contribution is 7.98. The smallest absolute Gasteiger partial charge is 0.343 e. The predicted octanol–water partition coefficient (Wildman–Crippen LogP) is 4.53. The van der Waals surface area contributed by atoms with Crippen LogP contribution >= 0.6 is 11.8 Å². The number of carbonyl (C=O) groups excluding carboxylic acids is 1. The summed E-state index contributed by atoms with van der Waals surface area (Å²) in [7, 11) is 6.82. The standard InChI is InChI=1S/C27H31NO7S/c1-28-10-9-15-17(12-36-11-14-5-6-14)23-26(34-13-33-23)25(32-4)19(15)21(28)22-16-7-8-18(30-2)24(31-3)20(16)27(29)35-22/h7-8,14,21-22H,5-6,9-13H2,1-4H3/t21-,22+/m1/s1. The summed E-state index contributed by atoms with van der Waals surface area (Å²) in [5.41, 5.74) is 4.61. The quantitative estimate of drug-likeness (QED) is 0.474. The average Bonchev–Trinajstić information content (AvgIpc) is 3.48. The van der Waals surface area contributed by atoms with E-state index in [2.05, 4.69) is 11.9 Å². The predicted molar refractivity (Wildman–Crippen MR) is 135 cm³/mol. The van der Waals surface area contributed by atoms with Crippen molar-refractivity contribution in [2.75, 3.05) is 47.5 Å². The Labute approximate surface area is 215 Å². The molecule has 0 N–H and O–H groups in total. The number of hydrogen-bond donors (Lipinski definition) is 0. The molecule has 2 atom stereocenters. The van der Waals surface area contributed by atoms with Crippen molar-refractivity contribution in [1.29, 1.82) is 0 Å². The van der Waals surface area contributed by atoms with Gasteiger partial charge in [0, 0.05) is 29.0 Å². The second-order valence-electron chi connectivity index (χ2n) is 9.69. The van der Waals surface area contributed by atoms with Crippen LogP contribution in [0, 0.1) is 5.92 Å². The van der Waals surface area contributed by atoms with E-state index in [0.717, 1.165) is 47.3 Å². The third kappa shape index (κ3) is 3.66. The maximum atomic E-state index is 13.1. The van der Waals surface area contributed by atoms with Crippen LogP contribution in [0.5, 0.6) is 28.7 Å². The molecule has 6 rings (SSSR count). The number of likely N-dealkylation sites (N-methyl/N-ethyl adjacent to an activating group) is 1. The molecule has 3 heterocycles. The topological polar surface area (TPSA) is 75.7 Å². The van der Waals surface area contributed by atoms with Crippen LogP contribution in [0.25, 0.3) is 0 Å². The molecule has 0 spiro atoms. The summed E-state index contributed by atoms with van der Waals surface area (Å²) >= 11 is 1.96. The number of thioether (sulfide) groups is 1. The molecule has 0 amide bonds. The first-order valence-electron chi connectivity index (χ1n) is 12.3. The van der Waals surface area contributed by atoms with E-state index in [1.807, 2.05) is 23.9 Å². The molecular weight excluding hydrogens is 482 g/mol. The molecule has 1 fully saturated rings. The van der Waals surface area contributed by atoms with Crippen molar-refractivity contribution in [1.82, 2.24) is 4.90 Å². The minimum absolute atomic E-state index is 0.174. The summed E-state index contributed by atoms with van der Waals surface area (Å²) in [5.74, 6) is 5.46. The third-order valence-electron chi connectivity index (χ3n) is 7.62. The van der Waals surface area contributed by atoms with Crippen LogP contribution in [0.1, 0.15) is 57.6 Å². The lowest BCUT2D eigenvalue weighted by atomic mass is 9.83. The first-order valence-corrected chi connectivity index (χ1v) is 13.5. The number of benzene rings is 2. The van der Waals surface area contributed by atoms with Crippen molar-refractivity contribution in [2.24, 2.45) is 5.92 Å². The Morgan fingerprint density at radius 3 is 2.56 bits per heavy atom. The van der Waals surface area contributed by atoms with Gasteiger partial charge in [0.1, 0.15) is 11.7 Å². The summed E-state index contributed by atoms with van der Waals surface area (Å²) in [6.07, 6.45) is 2.99. The van der Waals surface area contributed by atoms with Gasteiger partial charge in [-0.05, 0) is 49.6 Å². The highest BCUT2D eigenvalue weighted by Crippen LogP contribution is 2.57. The molecule has 0 bridgehead atoms. The summed E-state index contributed by atoms with van der Waals surface area (Å²) in [6, 6.07) is 3.47. The molecule has 2 aromatic carbocycles. The summed E-state index contributed by atoms with van der Waals surface area (Å²) < 4.78 is 35.0. The highest BCUT2D eigenvalue weighted by Gasteiger charge is 2.47. The molecular formula is C27H31NO7S. The molecule has 0 saturated heterocycles. The van der Waals surface area contributed by atoms with Gasteiger partial charge in [0.25, 0.3) is 0 Å². The fourth-order valence-electron chi connectivity index (χ4n) is 5.69. The summed E-state index contributed by atoms with van der Waals surface area (Å²) in [6.45, 7) is 0.991. The zero-order valence-electron chi connectivity index (χ0n) is 21.0. The van der Waals surface area contributed by atoms with Gasteiger partial charge in [-0.1, -0.05) is 6.07 Å². The Bertz CT molecular complexity index is 1210. The van der Waals surface area contributed by atoms with Crippen molar-refractivity contribution in [3.8, 4) is 28.7 Å². The maximum absolute atomic E-state index is 13.1. The number of fused-ring (bicyclic) bond motifs is 3. The van der Waals surface area contributed by atoms with Gasteiger partial charge in [-0.2, -0.15) is 11.8 Å². The van der Waals surface area contributed by atoms with E-state index in [9.17, 15) is 4.79 Å². The molecule has 4 aliphatic rings. The van der Waals surface area contributed by atoms with Crippen molar-refractivity contribution in [3.05, 3.63) is 39.9 Å². The minimum Gasteiger partial charge on any atom is -0.493 e. The van der Waals surface area contributed by atoms with Gasteiger partial charge >= 0.3 is 5.97 Å². The van der Waals surface area contributed by atoms with Crippen molar-refractivity contribution < 1.29 is 33.2 Å². The van der Waals surface area contributed by atoms with Crippen LogP contribution in [-0.4, -0.2) is 58.3 Å². The first-order chi connectivity index (χ1) is 17.6. The van der Waals surface area contributed by atoms with Gasteiger partial charge < -0.3 is 28.4 Å². The Hall–Kier alpha value is -2.78. The second kappa shape index (κ2) is 9.27. The average molecular weight is 514 g/mol. The SMILES string of the molecule is COc1ccc2c(c1OC)C(=O)O[C@@H]2[C@H]1c2c(c(CSCC3CC3)c3c(c2OC)OCO3)CCN1C. The number of esters is 1. The summed E-state index contributed by atoms with van der Waals surface area (Å²) in [4.78, 5) is 15.4. The van der Waals surface area contributed by atoms with Crippen LogP contribution in [-0.2, 0) is 16.9 Å². The molecule has 1 saturated carbocycles. The number of ether oxygens (including phenoxy) is 6. The van der Waals surface area contributed by atoms with E-state index >= 15 is 0 Å². The highest BCUT2D eigenvalue weighted by atomic mass is 32.2. The van der Waals surface area contributed by atoms with Gasteiger partial charge in [-0.3, -0.25) is 4.90 Å². The van der Waals surface area contributed by atoms with E-state index < -0.39 is 12.1 Å². The number of carbonyl (C=O) groups is 1. The number of rotatable bonds is 8. The van der Waals surface area contributed by atoms with Gasteiger partial charge in [-0.15, -0.1) is 0 Å². The first kappa shape index (κ1) is 23.6. The van der Waals surface area contributed by atoms with E-state index in [4.69, 9.17) is 28.4 Å². The fraction of sp³-hybridized carbons (Fsp3) is 0.519. The molecule has 0 unspecified atom stereocenters. The number of cyclic esters (lactones) is 1. The van der Waals surface area contributed by atoms with Crippen LogP contribution in [0.2, 0.25) is 0 Å². The zero-order valence-corrected chi connectivity index (χ0v) is 21.9. The van der Waals surface area contributed by atoms with Gasteiger partial charge in [0.05, 0.1) is 27.4 Å².